The van der Waals surface area contributed by atoms with Gasteiger partial charge in [-0.05, 0) is 49.1 Å². The van der Waals surface area contributed by atoms with Crippen molar-refractivity contribution in [3.63, 3.8) is 0 Å². The van der Waals surface area contributed by atoms with Gasteiger partial charge >= 0.3 is 0 Å². The number of hydrogen-bond acceptors (Lipinski definition) is 5. The summed E-state index contributed by atoms with van der Waals surface area (Å²) in [6.07, 6.45) is 4.24. The number of ether oxygens (including phenoxy) is 1. The van der Waals surface area contributed by atoms with Crippen molar-refractivity contribution in [2.45, 2.75) is 45.2 Å². The van der Waals surface area contributed by atoms with E-state index < -0.39 is 5.91 Å². The number of aryl methyl sites for hydroxylation is 1. The molecule has 1 aliphatic carbocycles. The van der Waals surface area contributed by atoms with Gasteiger partial charge < -0.3 is 21.5 Å². The van der Waals surface area contributed by atoms with Crippen LogP contribution in [0.4, 0.5) is 5.82 Å². The fourth-order valence-corrected chi connectivity index (χ4v) is 4.46. The minimum Gasteiger partial charge on any atom is -0.496 e. The molecule has 1 aromatic heterocycles. The van der Waals surface area contributed by atoms with Crippen molar-refractivity contribution >= 4 is 17.6 Å². The summed E-state index contributed by atoms with van der Waals surface area (Å²) in [5.74, 6) is 0.0549. The van der Waals surface area contributed by atoms with Crippen molar-refractivity contribution in [1.82, 2.24) is 15.1 Å². The van der Waals surface area contributed by atoms with E-state index in [0.29, 0.717) is 29.4 Å². The molecular formula is C25H29N5O3. The van der Waals surface area contributed by atoms with E-state index >= 15 is 0 Å². The topological polar surface area (TPSA) is 125 Å². The third-order valence-electron chi connectivity index (χ3n) is 6.27. The number of carbonyl (C=O) groups excluding carboxylic acids is 2. The van der Waals surface area contributed by atoms with Crippen LogP contribution in [-0.4, -0.2) is 28.7 Å². The van der Waals surface area contributed by atoms with Crippen LogP contribution < -0.4 is 21.5 Å². The highest BCUT2D eigenvalue weighted by atomic mass is 16.5. The van der Waals surface area contributed by atoms with Crippen molar-refractivity contribution < 1.29 is 14.3 Å². The van der Waals surface area contributed by atoms with Gasteiger partial charge in [0.2, 0.25) is 0 Å². The molecule has 172 valence electrons. The normalized spacial score (nSPS) is 13.8. The first-order chi connectivity index (χ1) is 15.9. The molecule has 1 saturated carbocycles. The van der Waals surface area contributed by atoms with Gasteiger partial charge in [0, 0.05) is 12.1 Å². The Balaban J connectivity index is 1.57. The molecular weight excluding hydrogens is 418 g/mol. The number of methoxy groups -OCH3 is 1. The summed E-state index contributed by atoms with van der Waals surface area (Å²) in [4.78, 5) is 24.8. The molecule has 2 aromatic carbocycles. The summed E-state index contributed by atoms with van der Waals surface area (Å²) in [7, 11) is 1.54. The Hall–Kier alpha value is -3.81. The van der Waals surface area contributed by atoms with Crippen LogP contribution in [0.15, 0.2) is 42.5 Å². The smallest absolute Gasteiger partial charge is 0.255 e. The first kappa shape index (κ1) is 22.4. The van der Waals surface area contributed by atoms with Crippen LogP contribution in [0.3, 0.4) is 0 Å². The lowest BCUT2D eigenvalue weighted by Gasteiger charge is -2.12. The number of nitrogens with two attached hydrogens (primary N) is 2. The molecule has 1 fully saturated rings. The lowest BCUT2D eigenvalue weighted by Crippen LogP contribution is -2.23. The third-order valence-corrected chi connectivity index (χ3v) is 6.27. The van der Waals surface area contributed by atoms with Gasteiger partial charge in [0.15, 0.2) is 0 Å². The van der Waals surface area contributed by atoms with Gasteiger partial charge in [0.05, 0.1) is 18.7 Å². The van der Waals surface area contributed by atoms with Gasteiger partial charge in [0.25, 0.3) is 11.8 Å². The first-order valence-electron chi connectivity index (χ1n) is 11.1. The van der Waals surface area contributed by atoms with Gasteiger partial charge in [-0.3, -0.25) is 9.59 Å². The number of anilines is 1. The molecule has 0 saturated heterocycles. The predicted octanol–water partition coefficient (Wildman–Crippen LogP) is 3.59. The molecule has 4 rings (SSSR count). The maximum atomic E-state index is 12.6. The molecule has 0 unspecified atom stereocenters. The largest absolute Gasteiger partial charge is 0.496 e. The Bertz CT molecular complexity index is 1190. The minimum absolute atomic E-state index is 0.197. The average Bonchev–Trinajstić information content (AvgIpc) is 3.45. The Morgan fingerprint density at radius 2 is 1.91 bits per heavy atom. The van der Waals surface area contributed by atoms with Crippen molar-refractivity contribution in [3.8, 4) is 17.0 Å². The number of amides is 2. The summed E-state index contributed by atoms with van der Waals surface area (Å²) >= 11 is 0. The van der Waals surface area contributed by atoms with Gasteiger partial charge in [-0.2, -0.15) is 5.10 Å². The summed E-state index contributed by atoms with van der Waals surface area (Å²) in [6.45, 7) is 2.31. The van der Waals surface area contributed by atoms with Crippen LogP contribution >= 0.6 is 0 Å². The van der Waals surface area contributed by atoms with Crippen LogP contribution in [0.2, 0.25) is 0 Å². The maximum absolute atomic E-state index is 12.6. The van der Waals surface area contributed by atoms with E-state index in [0.717, 1.165) is 42.4 Å². The van der Waals surface area contributed by atoms with Crippen LogP contribution in [0.1, 0.15) is 63.6 Å². The van der Waals surface area contributed by atoms with Crippen molar-refractivity contribution in [2.75, 3.05) is 12.8 Å². The van der Waals surface area contributed by atoms with Crippen LogP contribution in [0.25, 0.3) is 11.3 Å². The zero-order valence-corrected chi connectivity index (χ0v) is 18.9. The molecule has 33 heavy (non-hydrogen) atoms. The second kappa shape index (κ2) is 9.36. The molecule has 1 heterocycles. The number of carbonyl (C=O) groups is 2. The number of nitrogens with one attached hydrogen (secondary N) is 1. The fraction of sp³-hybridized carbons (Fsp3) is 0.320. The van der Waals surface area contributed by atoms with E-state index in [1.165, 1.54) is 7.11 Å². The van der Waals surface area contributed by atoms with E-state index in [1.54, 1.807) is 22.9 Å². The summed E-state index contributed by atoms with van der Waals surface area (Å²) in [6, 6.07) is 13.0. The molecule has 2 amide bonds. The standard InChI is InChI=1S/C25H29N5O3/c1-15-13-16(22-21(24(27)31)23(26)30(29-22)18-7-3-4-8-18)11-12-17(15)14-28-25(32)19-9-5-6-10-20(19)33-2/h5-6,9-13,18H,3-4,7-8,14,26H2,1-2H3,(H2,27,31)(H,28,32). The lowest BCUT2D eigenvalue weighted by atomic mass is 10.0. The van der Waals surface area contributed by atoms with E-state index in [9.17, 15) is 9.59 Å². The van der Waals surface area contributed by atoms with Crippen molar-refractivity contribution in [1.29, 1.82) is 0 Å². The molecule has 0 atom stereocenters. The van der Waals surface area contributed by atoms with Gasteiger partial charge in [-0.25, -0.2) is 4.68 Å². The van der Waals surface area contributed by atoms with Crippen molar-refractivity contribution in [2.24, 2.45) is 5.73 Å². The summed E-state index contributed by atoms with van der Waals surface area (Å²) in [5, 5.41) is 7.63. The summed E-state index contributed by atoms with van der Waals surface area (Å²) < 4.78 is 7.03. The monoisotopic (exact) mass is 447 g/mol. The second-order valence-corrected chi connectivity index (χ2v) is 8.38. The van der Waals surface area contributed by atoms with Crippen molar-refractivity contribution in [3.05, 3.63) is 64.7 Å². The zero-order chi connectivity index (χ0) is 23.5. The highest BCUT2D eigenvalue weighted by Crippen LogP contribution is 2.35. The number of nitrogens with zero attached hydrogens (tertiary/aromatic N) is 2. The number of aromatic nitrogens is 2. The average molecular weight is 448 g/mol. The van der Waals surface area contributed by atoms with Crippen LogP contribution in [0, 0.1) is 6.92 Å². The van der Waals surface area contributed by atoms with Gasteiger partial charge in [-0.15, -0.1) is 0 Å². The van der Waals surface area contributed by atoms with E-state index in [2.05, 4.69) is 5.32 Å². The van der Waals surface area contributed by atoms with E-state index in [4.69, 9.17) is 21.3 Å². The number of rotatable bonds is 7. The van der Waals surface area contributed by atoms with E-state index in [-0.39, 0.29) is 17.5 Å². The Morgan fingerprint density at radius 1 is 1.18 bits per heavy atom. The molecule has 5 N–H and O–H groups in total. The van der Waals surface area contributed by atoms with Gasteiger partial charge in [0.1, 0.15) is 22.8 Å². The number of para-hydroxylation sites is 1. The number of benzene rings is 2. The molecule has 8 nitrogen and oxygen atoms in total. The molecule has 3 aromatic rings. The molecule has 1 aliphatic rings. The highest BCUT2D eigenvalue weighted by Gasteiger charge is 2.27. The SMILES string of the molecule is COc1ccccc1C(=O)NCc1ccc(-c2nn(C3CCCC3)c(N)c2C(N)=O)cc1C. The Kier molecular flexibility index (Phi) is 6.35. The Morgan fingerprint density at radius 3 is 2.58 bits per heavy atom. The first-order valence-corrected chi connectivity index (χ1v) is 11.1. The molecule has 8 heteroatoms. The minimum atomic E-state index is -0.586. The maximum Gasteiger partial charge on any atom is 0.255 e. The Labute approximate surface area is 192 Å². The second-order valence-electron chi connectivity index (χ2n) is 8.38. The molecule has 0 radical (unpaired) electrons. The van der Waals surface area contributed by atoms with Crippen LogP contribution in [-0.2, 0) is 6.54 Å². The molecule has 0 spiro atoms. The van der Waals surface area contributed by atoms with E-state index in [1.807, 2.05) is 31.2 Å². The van der Waals surface area contributed by atoms with Crippen LogP contribution in [0.5, 0.6) is 5.75 Å². The zero-order valence-electron chi connectivity index (χ0n) is 18.9. The quantitative estimate of drug-likeness (QED) is 0.510. The lowest BCUT2D eigenvalue weighted by molar-refractivity contribution is 0.0946. The fourth-order valence-electron chi connectivity index (χ4n) is 4.46. The number of nitrogen functional groups attached to an aromatic ring is 1. The predicted molar refractivity (Wildman–Crippen MR) is 127 cm³/mol. The molecule has 0 bridgehead atoms. The third kappa shape index (κ3) is 4.41. The van der Waals surface area contributed by atoms with Gasteiger partial charge in [-0.1, -0.05) is 37.1 Å². The number of hydrogen-bond donors (Lipinski definition) is 3. The molecule has 0 aliphatic heterocycles. The highest BCUT2D eigenvalue weighted by molar-refractivity contribution is 6.03. The number of primary amides is 1. The summed E-state index contributed by atoms with van der Waals surface area (Å²) in [5.41, 5.74) is 15.9.